The molecule has 4 aromatic rings. The Bertz CT molecular complexity index is 1430. The molecule has 1 fully saturated rings. The molecule has 1 saturated heterocycles. The van der Waals surface area contributed by atoms with Gasteiger partial charge >= 0.3 is 0 Å². The molecular formula is C25H26N4O5S. The van der Waals surface area contributed by atoms with Crippen molar-refractivity contribution in [3.05, 3.63) is 66.6 Å². The lowest BCUT2D eigenvalue weighted by Crippen LogP contribution is -2.48. The van der Waals surface area contributed by atoms with E-state index in [4.69, 9.17) is 14.0 Å². The second-order valence-corrected chi connectivity index (χ2v) is 10.1. The topological polar surface area (TPSA) is 98.0 Å². The average molecular weight is 495 g/mol. The number of hydrogen-bond donors (Lipinski definition) is 0. The maximum absolute atomic E-state index is 13.5. The highest BCUT2D eigenvalue weighted by Gasteiger charge is 2.30. The minimum absolute atomic E-state index is 0.295. The monoisotopic (exact) mass is 494 g/mol. The number of methoxy groups -OCH3 is 2. The number of sulfonamides is 1. The summed E-state index contributed by atoms with van der Waals surface area (Å²) >= 11 is 0. The number of hydrogen-bond acceptors (Lipinski definition) is 8. The van der Waals surface area contributed by atoms with Crippen LogP contribution in [0.25, 0.3) is 22.2 Å². The second-order valence-electron chi connectivity index (χ2n) is 8.23. The van der Waals surface area contributed by atoms with Gasteiger partial charge in [0.05, 0.1) is 25.7 Å². The molecule has 0 aliphatic carbocycles. The highest BCUT2D eigenvalue weighted by molar-refractivity contribution is 7.89. The number of rotatable bonds is 7. The Morgan fingerprint density at radius 2 is 1.60 bits per heavy atom. The lowest BCUT2D eigenvalue weighted by molar-refractivity contribution is 0.163. The fraction of sp³-hybridized carbons (Fsp3) is 0.280. The fourth-order valence-electron chi connectivity index (χ4n) is 4.28. The number of fused-ring (bicyclic) bond motifs is 1. The summed E-state index contributed by atoms with van der Waals surface area (Å²) in [4.78, 5) is 6.90. The van der Waals surface area contributed by atoms with Crippen LogP contribution < -0.4 is 9.47 Å². The molecule has 3 aromatic carbocycles. The van der Waals surface area contributed by atoms with Gasteiger partial charge in [-0.15, -0.1) is 0 Å². The van der Waals surface area contributed by atoms with Gasteiger partial charge in [0.2, 0.25) is 21.7 Å². The number of ether oxygens (including phenoxy) is 2. The van der Waals surface area contributed by atoms with E-state index in [1.807, 2.05) is 48.5 Å². The van der Waals surface area contributed by atoms with Crippen molar-refractivity contribution in [3.63, 3.8) is 0 Å². The number of nitrogens with zero attached hydrogens (tertiary/aromatic N) is 4. The summed E-state index contributed by atoms with van der Waals surface area (Å²) in [5, 5.41) is 5.51. The maximum atomic E-state index is 13.5. The second kappa shape index (κ2) is 9.65. The van der Waals surface area contributed by atoms with E-state index in [0.717, 1.165) is 16.7 Å². The Morgan fingerprint density at radius 3 is 2.29 bits per heavy atom. The first-order chi connectivity index (χ1) is 17.0. The highest BCUT2D eigenvalue weighted by atomic mass is 32.2. The molecule has 0 atom stereocenters. The third-order valence-electron chi connectivity index (χ3n) is 6.19. The summed E-state index contributed by atoms with van der Waals surface area (Å²) in [6.45, 7) is 2.34. The molecule has 0 saturated carbocycles. The van der Waals surface area contributed by atoms with Crippen molar-refractivity contribution in [2.45, 2.75) is 11.4 Å². The van der Waals surface area contributed by atoms with Crippen LogP contribution in [0, 0.1) is 0 Å². The highest BCUT2D eigenvalue weighted by Crippen LogP contribution is 2.32. The van der Waals surface area contributed by atoms with E-state index in [1.54, 1.807) is 26.4 Å². The fourth-order valence-corrected chi connectivity index (χ4v) is 5.90. The first kappa shape index (κ1) is 23.3. The lowest BCUT2D eigenvalue weighted by Gasteiger charge is -2.33. The van der Waals surface area contributed by atoms with E-state index in [1.165, 1.54) is 4.31 Å². The zero-order valence-electron chi connectivity index (χ0n) is 19.5. The largest absolute Gasteiger partial charge is 0.497 e. The molecule has 0 N–H and O–H groups in total. The molecule has 35 heavy (non-hydrogen) atoms. The van der Waals surface area contributed by atoms with Gasteiger partial charge in [0.1, 0.15) is 11.5 Å². The summed E-state index contributed by atoms with van der Waals surface area (Å²) in [5.74, 6) is 2.41. The normalized spacial score (nSPS) is 15.4. The van der Waals surface area contributed by atoms with Crippen LogP contribution in [0.1, 0.15) is 5.89 Å². The van der Waals surface area contributed by atoms with E-state index < -0.39 is 10.0 Å². The van der Waals surface area contributed by atoms with Crippen molar-refractivity contribution in [1.82, 2.24) is 19.3 Å². The minimum atomic E-state index is -3.66. The number of aromatic nitrogens is 2. The minimum Gasteiger partial charge on any atom is -0.497 e. The van der Waals surface area contributed by atoms with Crippen molar-refractivity contribution in [2.24, 2.45) is 0 Å². The number of piperazine rings is 1. The summed E-state index contributed by atoms with van der Waals surface area (Å²) in [6, 6.07) is 18.2. The van der Waals surface area contributed by atoms with Crippen molar-refractivity contribution in [1.29, 1.82) is 0 Å². The predicted octanol–water partition coefficient (Wildman–Crippen LogP) is 3.41. The van der Waals surface area contributed by atoms with E-state index in [2.05, 4.69) is 15.0 Å². The molecule has 0 spiro atoms. The van der Waals surface area contributed by atoms with Gasteiger partial charge in [0, 0.05) is 42.5 Å². The Kier molecular flexibility index (Phi) is 6.42. The average Bonchev–Trinajstić information content (AvgIpc) is 3.36. The third kappa shape index (κ3) is 4.60. The molecule has 0 amide bonds. The molecule has 10 heteroatoms. The van der Waals surface area contributed by atoms with Crippen LogP contribution in [0.5, 0.6) is 11.5 Å². The van der Waals surface area contributed by atoms with E-state index in [0.29, 0.717) is 60.5 Å². The van der Waals surface area contributed by atoms with Crippen molar-refractivity contribution >= 4 is 20.8 Å². The van der Waals surface area contributed by atoms with Crippen LogP contribution in [-0.2, 0) is 16.6 Å². The quantitative estimate of drug-likeness (QED) is 0.386. The van der Waals surface area contributed by atoms with Crippen LogP contribution in [0.2, 0.25) is 0 Å². The molecule has 5 rings (SSSR count). The summed E-state index contributed by atoms with van der Waals surface area (Å²) in [6.07, 6.45) is 0. The van der Waals surface area contributed by atoms with Crippen LogP contribution in [0.15, 0.2) is 70.1 Å². The van der Waals surface area contributed by atoms with Gasteiger partial charge in [-0.3, -0.25) is 4.90 Å². The first-order valence-electron chi connectivity index (χ1n) is 11.2. The molecule has 1 aliphatic heterocycles. The molecule has 182 valence electrons. The van der Waals surface area contributed by atoms with Gasteiger partial charge < -0.3 is 14.0 Å². The van der Waals surface area contributed by atoms with Crippen molar-refractivity contribution in [2.75, 3.05) is 40.4 Å². The zero-order valence-corrected chi connectivity index (χ0v) is 20.4. The molecular weight excluding hydrogens is 468 g/mol. The van der Waals surface area contributed by atoms with Crippen molar-refractivity contribution < 1.29 is 22.4 Å². The zero-order chi connectivity index (χ0) is 24.4. The summed E-state index contributed by atoms with van der Waals surface area (Å²) in [7, 11) is -0.460. The maximum Gasteiger partial charge on any atom is 0.243 e. The lowest BCUT2D eigenvalue weighted by atomic mass is 10.1. The van der Waals surface area contributed by atoms with Gasteiger partial charge in [-0.2, -0.15) is 9.29 Å². The molecule has 0 unspecified atom stereocenters. The van der Waals surface area contributed by atoms with E-state index in [9.17, 15) is 8.42 Å². The van der Waals surface area contributed by atoms with Crippen LogP contribution >= 0.6 is 0 Å². The standard InChI is InChI=1S/C25H26N4O5S/c1-32-19-9-7-18(8-10-19)25-26-24(34-27-25)17-28-13-15-29(16-14-28)35(30,31)23-12-11-22(33-2)20-5-3-4-6-21(20)23/h3-12H,13-17H2,1-2H3. The van der Waals surface area contributed by atoms with Crippen LogP contribution in [-0.4, -0.2) is 68.2 Å². The van der Waals surface area contributed by atoms with E-state index in [-0.39, 0.29) is 0 Å². The van der Waals surface area contributed by atoms with Gasteiger partial charge in [-0.1, -0.05) is 29.4 Å². The summed E-state index contributed by atoms with van der Waals surface area (Å²) in [5.41, 5.74) is 0.837. The van der Waals surface area contributed by atoms with Gasteiger partial charge in [0.25, 0.3) is 0 Å². The molecule has 1 aliphatic rings. The molecule has 0 radical (unpaired) electrons. The van der Waals surface area contributed by atoms with Crippen LogP contribution in [0.3, 0.4) is 0 Å². The number of benzene rings is 3. The first-order valence-corrected chi connectivity index (χ1v) is 12.7. The molecule has 1 aromatic heterocycles. The Balaban J connectivity index is 1.26. The Labute approximate surface area is 203 Å². The molecule has 0 bridgehead atoms. The van der Waals surface area contributed by atoms with Gasteiger partial charge in [0.15, 0.2) is 0 Å². The Morgan fingerprint density at radius 1 is 0.886 bits per heavy atom. The van der Waals surface area contributed by atoms with Crippen molar-refractivity contribution in [3.8, 4) is 22.9 Å². The predicted molar refractivity (Wildman–Crippen MR) is 131 cm³/mol. The van der Waals surface area contributed by atoms with E-state index >= 15 is 0 Å². The summed E-state index contributed by atoms with van der Waals surface area (Å²) < 4.78 is 44.5. The molecule has 2 heterocycles. The third-order valence-corrected chi connectivity index (χ3v) is 8.15. The van der Waals surface area contributed by atoms with Crippen LogP contribution in [0.4, 0.5) is 0 Å². The smallest absolute Gasteiger partial charge is 0.243 e. The van der Waals surface area contributed by atoms with Gasteiger partial charge in [-0.25, -0.2) is 8.42 Å². The SMILES string of the molecule is COc1ccc(-c2noc(CN3CCN(S(=O)(=O)c4ccc(OC)c5ccccc45)CC3)n2)cc1. The molecule has 9 nitrogen and oxygen atoms in total. The Hall–Kier alpha value is -3.47. The van der Waals surface area contributed by atoms with Gasteiger partial charge in [-0.05, 0) is 36.4 Å².